The van der Waals surface area contributed by atoms with Crippen molar-refractivity contribution in [1.29, 1.82) is 0 Å². The first-order chi connectivity index (χ1) is 7.31. The summed E-state index contributed by atoms with van der Waals surface area (Å²) in [7, 11) is 1.93. The third-order valence-corrected chi connectivity index (χ3v) is 1.50. The predicted molar refractivity (Wildman–Crippen MR) is 74.8 cm³/mol. The van der Waals surface area contributed by atoms with Crippen LogP contribution in [0.3, 0.4) is 0 Å². The van der Waals surface area contributed by atoms with Crippen LogP contribution in [-0.4, -0.2) is 19.8 Å². The monoisotopic (exact) mass is 225 g/mol. The fourth-order valence-corrected chi connectivity index (χ4v) is 0.770. The van der Waals surface area contributed by atoms with Crippen molar-refractivity contribution in [3.05, 3.63) is 48.0 Å². The number of rotatable bonds is 2. The van der Waals surface area contributed by atoms with E-state index in [1.54, 1.807) is 6.26 Å². The number of allylic oxidation sites excluding steroid dienone is 1. The molecule has 86 valence electrons. The summed E-state index contributed by atoms with van der Waals surface area (Å²) in [5.74, 6) is 0. The zero-order valence-electron chi connectivity index (χ0n) is 10.2. The van der Waals surface area contributed by atoms with Crippen LogP contribution in [0.1, 0.15) is 12.5 Å². The number of hydrogen-bond acceptors (Lipinski definition) is 2. The van der Waals surface area contributed by atoms with Gasteiger partial charge in [-0.25, -0.2) is 0 Å². The van der Waals surface area contributed by atoms with Gasteiger partial charge in [0, 0.05) is 6.54 Å². The largest absolute Gasteiger partial charge is 0.316 e. The summed E-state index contributed by atoms with van der Waals surface area (Å²) >= 11 is 3.53. The molecule has 2 heteroatoms. The van der Waals surface area contributed by atoms with Crippen LogP contribution in [0.4, 0.5) is 0 Å². The highest BCUT2D eigenvalue weighted by Crippen LogP contribution is 1.92. The Balaban J connectivity index is 0. The minimum absolute atomic E-state index is 0.983. The van der Waals surface area contributed by atoms with E-state index in [0.717, 1.165) is 6.54 Å². The van der Waals surface area contributed by atoms with E-state index in [1.807, 2.05) is 38.2 Å². The SMILES string of the molecule is CC=CCNC.CS.Cc1ccccc1. The minimum atomic E-state index is 0.983. The molecule has 0 aliphatic rings. The highest BCUT2D eigenvalue weighted by atomic mass is 32.1. The van der Waals surface area contributed by atoms with E-state index in [2.05, 4.69) is 43.1 Å². The molecule has 0 aliphatic carbocycles. The second kappa shape index (κ2) is 15.7. The van der Waals surface area contributed by atoms with Crippen LogP contribution in [0.15, 0.2) is 42.5 Å². The van der Waals surface area contributed by atoms with E-state index >= 15 is 0 Å². The third kappa shape index (κ3) is 16.0. The molecule has 1 aromatic rings. The van der Waals surface area contributed by atoms with Gasteiger partial charge in [-0.15, -0.1) is 0 Å². The summed E-state index contributed by atoms with van der Waals surface area (Å²) in [4.78, 5) is 0. The molecule has 0 saturated carbocycles. The van der Waals surface area contributed by atoms with Crippen molar-refractivity contribution in [1.82, 2.24) is 5.32 Å². The maximum absolute atomic E-state index is 3.53. The van der Waals surface area contributed by atoms with Gasteiger partial charge in [-0.3, -0.25) is 0 Å². The van der Waals surface area contributed by atoms with Gasteiger partial charge in [0.15, 0.2) is 0 Å². The molecule has 1 rings (SSSR count). The molecule has 15 heavy (non-hydrogen) atoms. The van der Waals surface area contributed by atoms with Gasteiger partial charge in [0.2, 0.25) is 0 Å². The third-order valence-electron chi connectivity index (χ3n) is 1.50. The van der Waals surface area contributed by atoms with Crippen molar-refractivity contribution in [3.8, 4) is 0 Å². The number of aryl methyl sites for hydroxylation is 1. The maximum atomic E-state index is 3.53. The summed E-state index contributed by atoms with van der Waals surface area (Å²) in [5, 5.41) is 2.98. The van der Waals surface area contributed by atoms with Crippen molar-refractivity contribution < 1.29 is 0 Å². The molecule has 0 bridgehead atoms. The lowest BCUT2D eigenvalue weighted by Crippen LogP contribution is -2.03. The average Bonchev–Trinajstić information content (AvgIpc) is 2.31. The summed E-state index contributed by atoms with van der Waals surface area (Å²) in [5.41, 5.74) is 1.32. The molecule has 0 unspecified atom stereocenters. The Kier molecular flexibility index (Phi) is 17.5. The molecule has 0 aromatic heterocycles. The van der Waals surface area contributed by atoms with Gasteiger partial charge in [0.1, 0.15) is 0 Å². The highest BCUT2D eigenvalue weighted by molar-refractivity contribution is 7.79. The molecular weight excluding hydrogens is 202 g/mol. The van der Waals surface area contributed by atoms with Crippen molar-refractivity contribution in [3.63, 3.8) is 0 Å². The summed E-state index contributed by atoms with van der Waals surface area (Å²) in [6.07, 6.45) is 5.79. The Morgan fingerprint density at radius 1 is 1.20 bits per heavy atom. The van der Waals surface area contributed by atoms with Crippen molar-refractivity contribution in [2.24, 2.45) is 0 Å². The first kappa shape index (κ1) is 16.7. The summed E-state index contributed by atoms with van der Waals surface area (Å²) in [6.45, 7) is 5.08. The molecule has 1 aromatic carbocycles. The van der Waals surface area contributed by atoms with Gasteiger partial charge in [-0.2, -0.15) is 12.6 Å². The van der Waals surface area contributed by atoms with Crippen LogP contribution in [0.25, 0.3) is 0 Å². The fraction of sp³-hybridized carbons (Fsp3) is 0.385. The molecule has 0 fully saturated rings. The predicted octanol–water partition coefficient (Wildman–Crippen LogP) is 3.32. The summed E-state index contributed by atoms with van der Waals surface area (Å²) < 4.78 is 0. The van der Waals surface area contributed by atoms with Crippen LogP contribution in [0, 0.1) is 6.92 Å². The van der Waals surface area contributed by atoms with Gasteiger partial charge in [-0.1, -0.05) is 48.0 Å². The Morgan fingerprint density at radius 2 is 1.73 bits per heavy atom. The Bertz CT molecular complexity index is 219. The van der Waals surface area contributed by atoms with Gasteiger partial charge >= 0.3 is 0 Å². The number of thiol groups is 1. The molecular formula is C13H23NS. The number of nitrogens with one attached hydrogen (secondary N) is 1. The quantitative estimate of drug-likeness (QED) is 0.581. The van der Waals surface area contributed by atoms with E-state index in [-0.39, 0.29) is 0 Å². The standard InChI is InChI=1S/C7H8.C5H11N.CH4S/c1-7-5-3-2-4-6-7;1-3-4-5-6-2;1-2/h2-6H,1H3;3-4,6H,5H2,1-2H3;2H,1H3. The van der Waals surface area contributed by atoms with Crippen LogP contribution in [0.2, 0.25) is 0 Å². The lowest BCUT2D eigenvalue weighted by molar-refractivity contribution is 0.918. The molecule has 0 aliphatic heterocycles. The first-order valence-electron chi connectivity index (χ1n) is 5.03. The van der Waals surface area contributed by atoms with Gasteiger partial charge in [-0.05, 0) is 27.2 Å². The van der Waals surface area contributed by atoms with Crippen LogP contribution >= 0.6 is 12.6 Å². The molecule has 1 nitrogen and oxygen atoms in total. The first-order valence-corrected chi connectivity index (χ1v) is 5.92. The van der Waals surface area contributed by atoms with E-state index in [9.17, 15) is 0 Å². The van der Waals surface area contributed by atoms with E-state index in [0.29, 0.717) is 0 Å². The molecule has 0 saturated heterocycles. The van der Waals surface area contributed by atoms with Crippen LogP contribution < -0.4 is 5.32 Å². The topological polar surface area (TPSA) is 12.0 Å². The smallest absolute Gasteiger partial charge is 0.0131 e. The number of likely N-dealkylation sites (N-methyl/N-ethyl adjacent to an activating group) is 1. The molecule has 0 spiro atoms. The molecule has 0 radical (unpaired) electrons. The van der Waals surface area contributed by atoms with Crippen molar-refractivity contribution >= 4 is 12.6 Å². The lowest BCUT2D eigenvalue weighted by Gasteiger charge is -1.82. The molecule has 0 heterocycles. The Morgan fingerprint density at radius 3 is 1.93 bits per heavy atom. The lowest BCUT2D eigenvalue weighted by atomic mass is 10.2. The van der Waals surface area contributed by atoms with Gasteiger partial charge in [0.05, 0.1) is 0 Å². The summed E-state index contributed by atoms with van der Waals surface area (Å²) in [6, 6.07) is 10.3. The van der Waals surface area contributed by atoms with Crippen LogP contribution in [-0.2, 0) is 0 Å². The fourth-order valence-electron chi connectivity index (χ4n) is 0.770. The second-order valence-electron chi connectivity index (χ2n) is 2.78. The molecule has 0 amide bonds. The Labute approximate surface area is 100 Å². The molecule has 1 N–H and O–H groups in total. The maximum Gasteiger partial charge on any atom is 0.0131 e. The highest BCUT2D eigenvalue weighted by Gasteiger charge is 1.72. The zero-order valence-corrected chi connectivity index (χ0v) is 11.1. The van der Waals surface area contributed by atoms with Crippen LogP contribution in [0.5, 0.6) is 0 Å². The van der Waals surface area contributed by atoms with Crippen molar-refractivity contribution in [2.45, 2.75) is 13.8 Å². The second-order valence-corrected chi connectivity index (χ2v) is 2.78. The molecule has 0 atom stereocenters. The van der Waals surface area contributed by atoms with E-state index in [4.69, 9.17) is 0 Å². The van der Waals surface area contributed by atoms with Gasteiger partial charge < -0.3 is 5.32 Å². The van der Waals surface area contributed by atoms with Crippen molar-refractivity contribution in [2.75, 3.05) is 19.8 Å². The normalized spacial score (nSPS) is 8.60. The Hall–Kier alpha value is -0.730. The minimum Gasteiger partial charge on any atom is -0.316 e. The zero-order chi connectivity index (χ0) is 11.9. The van der Waals surface area contributed by atoms with E-state index < -0.39 is 0 Å². The van der Waals surface area contributed by atoms with E-state index in [1.165, 1.54) is 5.56 Å². The number of hydrogen-bond donors (Lipinski definition) is 2. The van der Waals surface area contributed by atoms with Gasteiger partial charge in [0.25, 0.3) is 0 Å². The average molecular weight is 225 g/mol. The number of benzene rings is 1.